The first-order chi connectivity index (χ1) is 5.81. The molecule has 1 aliphatic carbocycles. The van der Waals surface area contributed by atoms with Crippen molar-refractivity contribution in [3.05, 3.63) is 0 Å². The molecule has 1 aliphatic rings. The second-order valence-electron chi connectivity index (χ2n) is 3.52. The van der Waals surface area contributed by atoms with E-state index in [9.17, 15) is 9.59 Å². The molecule has 0 saturated heterocycles. The van der Waals surface area contributed by atoms with Crippen molar-refractivity contribution < 1.29 is 14.7 Å². The molecular weight excluding hydrogens is 304 g/mol. The quantitative estimate of drug-likeness (QED) is 0.597. The molecule has 0 aromatic heterocycles. The van der Waals surface area contributed by atoms with Crippen molar-refractivity contribution in [2.24, 2.45) is 5.41 Å². The maximum atomic E-state index is 11.7. The van der Waals surface area contributed by atoms with Gasteiger partial charge in [-0.1, -0.05) is 31.9 Å². The van der Waals surface area contributed by atoms with Gasteiger partial charge >= 0.3 is 5.97 Å². The van der Waals surface area contributed by atoms with Gasteiger partial charge in [-0.15, -0.1) is 0 Å². The molecule has 1 unspecified atom stereocenters. The number of alkyl halides is 2. The predicted octanol–water partition coefficient (Wildman–Crippen LogP) is 2.32. The van der Waals surface area contributed by atoms with Crippen LogP contribution in [0.5, 0.6) is 0 Å². The summed E-state index contributed by atoms with van der Waals surface area (Å²) < 4.78 is -0.842. The Hall–Kier alpha value is 0.1000. The van der Waals surface area contributed by atoms with Gasteiger partial charge in [0.25, 0.3) is 0 Å². The smallest absolute Gasteiger partial charge is 0.316 e. The van der Waals surface area contributed by atoms with Crippen LogP contribution in [0.4, 0.5) is 0 Å². The topological polar surface area (TPSA) is 54.4 Å². The molecule has 1 saturated carbocycles. The number of carboxylic acid groups (broad SMARTS) is 1. The monoisotopic (exact) mass is 312 g/mol. The second kappa shape index (κ2) is 3.35. The average molecular weight is 314 g/mol. The molecule has 5 heteroatoms. The molecule has 0 aromatic rings. The second-order valence-corrected chi connectivity index (χ2v) is 7.30. The Morgan fingerprint density at radius 2 is 2.00 bits per heavy atom. The Bertz CT molecular complexity index is 262. The molecule has 1 N–H and O–H groups in total. The minimum Gasteiger partial charge on any atom is -0.481 e. The lowest BCUT2D eigenvalue weighted by Gasteiger charge is -2.35. The highest BCUT2D eigenvalue weighted by Crippen LogP contribution is 2.46. The molecule has 1 atom stereocenters. The zero-order chi connectivity index (χ0) is 10.3. The normalized spacial score (nSPS) is 33.0. The summed E-state index contributed by atoms with van der Waals surface area (Å²) in [6.07, 6.45) is 1.78. The van der Waals surface area contributed by atoms with E-state index >= 15 is 0 Å². The highest BCUT2D eigenvalue weighted by molar-refractivity contribution is 9.25. The third kappa shape index (κ3) is 1.81. The lowest BCUT2D eigenvalue weighted by molar-refractivity contribution is -0.155. The predicted molar refractivity (Wildman–Crippen MR) is 55.2 cm³/mol. The van der Waals surface area contributed by atoms with Gasteiger partial charge in [-0.2, -0.15) is 0 Å². The first kappa shape index (κ1) is 11.2. The Morgan fingerprint density at radius 1 is 1.46 bits per heavy atom. The molecule has 1 fully saturated rings. The van der Waals surface area contributed by atoms with E-state index in [-0.39, 0.29) is 5.78 Å². The Morgan fingerprint density at radius 3 is 2.38 bits per heavy atom. The number of ketones is 1. The molecule has 74 valence electrons. The van der Waals surface area contributed by atoms with Crippen molar-refractivity contribution in [2.45, 2.75) is 29.4 Å². The van der Waals surface area contributed by atoms with Crippen molar-refractivity contribution in [1.82, 2.24) is 0 Å². The summed E-state index contributed by atoms with van der Waals surface area (Å²) in [6, 6.07) is 0. The molecule has 0 heterocycles. The van der Waals surface area contributed by atoms with Crippen molar-refractivity contribution in [3.63, 3.8) is 0 Å². The molecule has 0 aromatic carbocycles. The number of aliphatic carboxylic acids is 1. The summed E-state index contributed by atoms with van der Waals surface area (Å²) in [6.45, 7) is 1.48. The molecule has 0 spiro atoms. The number of rotatable bonds is 1. The number of hydrogen-bond donors (Lipinski definition) is 1. The van der Waals surface area contributed by atoms with Crippen LogP contribution in [-0.2, 0) is 9.59 Å². The van der Waals surface area contributed by atoms with Gasteiger partial charge in [-0.05, 0) is 26.2 Å². The van der Waals surface area contributed by atoms with E-state index in [4.69, 9.17) is 5.11 Å². The fraction of sp³-hybridized carbons (Fsp3) is 0.750. The van der Waals surface area contributed by atoms with E-state index in [1.807, 2.05) is 0 Å². The number of hydrogen-bond acceptors (Lipinski definition) is 2. The molecule has 1 rings (SSSR count). The molecule has 0 amide bonds. The van der Waals surface area contributed by atoms with Crippen LogP contribution in [-0.4, -0.2) is 20.1 Å². The number of carboxylic acids is 1. The van der Waals surface area contributed by atoms with E-state index in [1.165, 1.54) is 6.92 Å². The third-order valence-electron chi connectivity index (χ3n) is 2.47. The van der Waals surface area contributed by atoms with Crippen LogP contribution in [0.3, 0.4) is 0 Å². The lowest BCUT2D eigenvalue weighted by Crippen LogP contribution is -2.48. The SMILES string of the molecule is CC1(C(=O)O)CCCC(Br)(Br)C1=O. The van der Waals surface area contributed by atoms with Gasteiger partial charge in [-0.25, -0.2) is 0 Å². The zero-order valence-electron chi connectivity index (χ0n) is 7.14. The standard InChI is InChI=1S/C8H10Br2O3/c1-7(6(12)13)3-2-4-8(9,10)5(7)11/h2-4H2,1H3,(H,12,13). The highest BCUT2D eigenvalue weighted by atomic mass is 79.9. The summed E-state index contributed by atoms with van der Waals surface area (Å²) in [5.41, 5.74) is -1.24. The van der Waals surface area contributed by atoms with Crippen molar-refractivity contribution in [3.8, 4) is 0 Å². The van der Waals surface area contributed by atoms with Crippen LogP contribution >= 0.6 is 31.9 Å². The Kier molecular flexibility index (Phi) is 2.88. The fourth-order valence-corrected chi connectivity index (χ4v) is 2.93. The van der Waals surface area contributed by atoms with E-state index < -0.39 is 14.6 Å². The van der Waals surface area contributed by atoms with Gasteiger partial charge < -0.3 is 5.11 Å². The van der Waals surface area contributed by atoms with Crippen LogP contribution < -0.4 is 0 Å². The lowest BCUT2D eigenvalue weighted by atomic mass is 9.74. The van der Waals surface area contributed by atoms with E-state index in [1.54, 1.807) is 0 Å². The first-order valence-corrected chi connectivity index (χ1v) is 5.55. The highest BCUT2D eigenvalue weighted by Gasteiger charge is 2.52. The van der Waals surface area contributed by atoms with Crippen LogP contribution in [0, 0.1) is 5.41 Å². The fourth-order valence-electron chi connectivity index (χ4n) is 1.50. The minimum atomic E-state index is -1.24. The Balaban J connectivity index is 3.02. The molecule has 0 bridgehead atoms. The van der Waals surface area contributed by atoms with E-state index in [0.717, 1.165) is 6.42 Å². The van der Waals surface area contributed by atoms with Crippen LogP contribution in [0.2, 0.25) is 0 Å². The molecule has 3 nitrogen and oxygen atoms in total. The Labute approximate surface area is 93.1 Å². The van der Waals surface area contributed by atoms with Crippen molar-refractivity contribution in [2.75, 3.05) is 0 Å². The maximum absolute atomic E-state index is 11.7. The molecular formula is C8H10Br2O3. The van der Waals surface area contributed by atoms with Gasteiger partial charge in [0.05, 0.1) is 0 Å². The summed E-state index contributed by atoms with van der Waals surface area (Å²) in [5.74, 6) is -1.33. The van der Waals surface area contributed by atoms with Gasteiger partial charge in [0, 0.05) is 0 Å². The van der Waals surface area contributed by atoms with Crippen LogP contribution in [0.15, 0.2) is 0 Å². The molecule has 0 radical (unpaired) electrons. The summed E-state index contributed by atoms with van der Waals surface area (Å²) >= 11 is 6.41. The van der Waals surface area contributed by atoms with Gasteiger partial charge in [0.1, 0.15) is 8.65 Å². The van der Waals surface area contributed by atoms with Gasteiger partial charge in [0.15, 0.2) is 5.78 Å². The van der Waals surface area contributed by atoms with Crippen molar-refractivity contribution in [1.29, 1.82) is 0 Å². The number of halogens is 2. The number of Topliss-reactive ketones (excluding diaryl/α,β-unsaturated/α-hetero) is 1. The van der Waals surface area contributed by atoms with E-state index in [0.29, 0.717) is 12.8 Å². The van der Waals surface area contributed by atoms with Crippen molar-refractivity contribution >= 4 is 43.6 Å². The largest absolute Gasteiger partial charge is 0.481 e. The molecule has 0 aliphatic heterocycles. The summed E-state index contributed by atoms with van der Waals surface area (Å²) in [4.78, 5) is 22.6. The van der Waals surface area contributed by atoms with E-state index in [2.05, 4.69) is 31.9 Å². The maximum Gasteiger partial charge on any atom is 0.316 e. The van der Waals surface area contributed by atoms with Gasteiger partial charge in [-0.3, -0.25) is 9.59 Å². The van der Waals surface area contributed by atoms with Crippen LogP contribution in [0.1, 0.15) is 26.2 Å². The third-order valence-corrected chi connectivity index (χ3v) is 3.99. The summed E-state index contributed by atoms with van der Waals surface area (Å²) in [5, 5.41) is 8.94. The van der Waals surface area contributed by atoms with Gasteiger partial charge in [0.2, 0.25) is 0 Å². The summed E-state index contributed by atoms with van der Waals surface area (Å²) in [7, 11) is 0. The number of carbonyl (C=O) groups excluding carboxylic acids is 1. The van der Waals surface area contributed by atoms with Crippen LogP contribution in [0.25, 0.3) is 0 Å². The molecule has 13 heavy (non-hydrogen) atoms. The number of carbonyl (C=O) groups is 2. The minimum absolute atomic E-state index is 0.293. The first-order valence-electron chi connectivity index (χ1n) is 3.97. The average Bonchev–Trinajstić information content (AvgIpc) is 1.99. The zero-order valence-corrected chi connectivity index (χ0v) is 10.3.